The molecule has 2 amide bonds. The molecule has 0 aliphatic carbocycles. The van der Waals surface area contributed by atoms with E-state index in [1.54, 1.807) is 25.4 Å². The van der Waals surface area contributed by atoms with Crippen molar-refractivity contribution in [2.24, 2.45) is 0 Å². The van der Waals surface area contributed by atoms with Crippen molar-refractivity contribution in [3.8, 4) is 0 Å². The molecule has 1 heterocycles. The van der Waals surface area contributed by atoms with Crippen molar-refractivity contribution in [1.29, 1.82) is 0 Å². The lowest BCUT2D eigenvalue weighted by atomic mass is 10.0. The van der Waals surface area contributed by atoms with Crippen LogP contribution < -0.4 is 10.6 Å². The minimum Gasteiger partial charge on any atom is -0.358 e. The van der Waals surface area contributed by atoms with Gasteiger partial charge in [-0.3, -0.25) is 9.59 Å². The third-order valence-electron chi connectivity index (χ3n) is 4.21. The second-order valence-electron chi connectivity index (χ2n) is 5.95. The number of nitrogens with two attached hydrogens (primary N) is 1. The van der Waals surface area contributed by atoms with Crippen molar-refractivity contribution in [3.05, 3.63) is 57.8 Å². The summed E-state index contributed by atoms with van der Waals surface area (Å²) in [5.74, 6) is -0.226. The van der Waals surface area contributed by atoms with Gasteiger partial charge in [-0.25, -0.2) is 0 Å². The Balaban J connectivity index is 2.07. The monoisotopic (exact) mass is 360 g/mol. The third kappa shape index (κ3) is 5.41. The van der Waals surface area contributed by atoms with E-state index in [2.05, 4.69) is 48.0 Å². The van der Waals surface area contributed by atoms with Crippen LogP contribution in [0.4, 0.5) is 0 Å². The number of likely N-dealkylation sites (N-methyl/N-ethyl adjacent to an activating group) is 2. The molecule has 1 atom stereocenters. The van der Waals surface area contributed by atoms with E-state index in [-0.39, 0.29) is 24.4 Å². The molecule has 6 heteroatoms. The molecule has 2 rings (SSSR count). The maximum Gasteiger partial charge on any atom is 0.277 e. The highest BCUT2D eigenvalue weighted by molar-refractivity contribution is 7.10. The number of nitrogens with zero attached hydrogens (tertiary/aromatic N) is 1. The largest absolute Gasteiger partial charge is 0.358 e. The van der Waals surface area contributed by atoms with E-state index in [4.69, 9.17) is 0 Å². The summed E-state index contributed by atoms with van der Waals surface area (Å²) in [6, 6.07) is 12.8. The van der Waals surface area contributed by atoms with Gasteiger partial charge in [0, 0.05) is 19.7 Å². The average molecular weight is 361 g/mol. The lowest BCUT2D eigenvalue weighted by Crippen LogP contribution is -2.87. The molecule has 0 spiro atoms. The number of amides is 2. The molecule has 0 bridgehead atoms. The van der Waals surface area contributed by atoms with Gasteiger partial charge < -0.3 is 15.5 Å². The van der Waals surface area contributed by atoms with Crippen LogP contribution in [0.2, 0.25) is 0 Å². The van der Waals surface area contributed by atoms with E-state index in [9.17, 15) is 9.59 Å². The molecule has 0 radical (unpaired) electrons. The van der Waals surface area contributed by atoms with Crippen LogP contribution in [0.25, 0.3) is 0 Å². The van der Waals surface area contributed by atoms with Crippen molar-refractivity contribution in [3.63, 3.8) is 0 Å². The summed E-state index contributed by atoms with van der Waals surface area (Å²) in [5.41, 5.74) is 2.48. The number of aryl methyl sites for hydroxylation is 1. The first-order chi connectivity index (χ1) is 12.0. The Morgan fingerprint density at radius 2 is 1.96 bits per heavy atom. The number of hydrogen-bond acceptors (Lipinski definition) is 3. The summed E-state index contributed by atoms with van der Waals surface area (Å²) in [6.07, 6.45) is 1.01. The topological polar surface area (TPSA) is 66.0 Å². The van der Waals surface area contributed by atoms with Gasteiger partial charge in [-0.2, -0.15) is 0 Å². The molecular weight excluding hydrogens is 334 g/mol. The van der Waals surface area contributed by atoms with E-state index in [1.165, 1.54) is 20.9 Å². The Morgan fingerprint density at radius 1 is 1.24 bits per heavy atom. The van der Waals surface area contributed by atoms with Crippen LogP contribution >= 0.6 is 11.3 Å². The molecule has 3 N–H and O–H groups in total. The maximum absolute atomic E-state index is 12.3. The molecule has 1 aromatic carbocycles. The Bertz CT molecular complexity index is 683. The van der Waals surface area contributed by atoms with Crippen LogP contribution in [0.1, 0.15) is 29.0 Å². The van der Waals surface area contributed by atoms with Crippen molar-refractivity contribution >= 4 is 23.2 Å². The van der Waals surface area contributed by atoms with Gasteiger partial charge in [0.05, 0.1) is 11.4 Å². The minimum absolute atomic E-state index is 0.0599. The fourth-order valence-electron chi connectivity index (χ4n) is 2.60. The molecule has 2 aromatic rings. The van der Waals surface area contributed by atoms with Gasteiger partial charge >= 0.3 is 0 Å². The van der Waals surface area contributed by atoms with Crippen molar-refractivity contribution < 1.29 is 14.9 Å². The van der Waals surface area contributed by atoms with E-state index in [0.717, 1.165) is 6.42 Å². The van der Waals surface area contributed by atoms with Crippen molar-refractivity contribution in [2.45, 2.75) is 19.4 Å². The third-order valence-corrected chi connectivity index (χ3v) is 5.17. The Hall–Kier alpha value is -2.18. The van der Waals surface area contributed by atoms with Crippen LogP contribution in [0.5, 0.6) is 0 Å². The number of carbonyl (C=O) groups is 2. The van der Waals surface area contributed by atoms with E-state index >= 15 is 0 Å². The summed E-state index contributed by atoms with van der Waals surface area (Å²) >= 11 is 1.69. The Kier molecular flexibility index (Phi) is 7.16. The molecule has 134 valence electrons. The number of benzene rings is 1. The zero-order valence-corrected chi connectivity index (χ0v) is 15.8. The van der Waals surface area contributed by atoms with Gasteiger partial charge in [0.25, 0.3) is 5.91 Å². The highest BCUT2D eigenvalue weighted by atomic mass is 32.1. The Labute approximate surface area is 153 Å². The minimum atomic E-state index is -0.166. The molecule has 0 aliphatic rings. The SMILES string of the molecule is CCc1ccc([C@@H]([NH2+]CC(=O)N(C)CC(=O)NC)c2cccs2)cc1. The number of nitrogens with one attached hydrogen (secondary N) is 1. The second-order valence-corrected chi connectivity index (χ2v) is 6.93. The van der Waals surface area contributed by atoms with Crippen LogP contribution in [-0.4, -0.2) is 43.9 Å². The molecular formula is C19H26N3O2S+. The number of carbonyl (C=O) groups excluding carboxylic acids is 2. The zero-order chi connectivity index (χ0) is 18.2. The summed E-state index contributed by atoms with van der Waals surface area (Å²) in [6.45, 7) is 2.52. The summed E-state index contributed by atoms with van der Waals surface area (Å²) < 4.78 is 0. The molecule has 0 aliphatic heterocycles. The molecule has 1 aromatic heterocycles. The van der Waals surface area contributed by atoms with E-state index in [1.807, 2.05) is 11.4 Å². The highest BCUT2D eigenvalue weighted by Crippen LogP contribution is 2.23. The van der Waals surface area contributed by atoms with Crippen molar-refractivity contribution in [1.82, 2.24) is 10.2 Å². The van der Waals surface area contributed by atoms with Crippen molar-refractivity contribution in [2.75, 3.05) is 27.2 Å². The predicted octanol–water partition coefficient (Wildman–Crippen LogP) is 1.17. The molecule has 5 nitrogen and oxygen atoms in total. The van der Waals surface area contributed by atoms with Crippen LogP contribution in [0, 0.1) is 0 Å². The van der Waals surface area contributed by atoms with Gasteiger partial charge in [0.15, 0.2) is 6.54 Å². The van der Waals surface area contributed by atoms with Gasteiger partial charge in [0.1, 0.15) is 6.04 Å². The number of hydrogen-bond donors (Lipinski definition) is 2. The number of rotatable bonds is 8. The molecule has 0 fully saturated rings. The smallest absolute Gasteiger partial charge is 0.277 e. The van der Waals surface area contributed by atoms with Gasteiger partial charge in [0.2, 0.25) is 5.91 Å². The lowest BCUT2D eigenvalue weighted by molar-refractivity contribution is -0.676. The maximum atomic E-state index is 12.3. The first kappa shape index (κ1) is 19.1. The highest BCUT2D eigenvalue weighted by Gasteiger charge is 2.21. The summed E-state index contributed by atoms with van der Waals surface area (Å²) in [7, 11) is 3.22. The number of quaternary nitrogens is 1. The average Bonchev–Trinajstić information content (AvgIpc) is 3.16. The fraction of sp³-hybridized carbons (Fsp3) is 0.368. The first-order valence-corrected chi connectivity index (χ1v) is 9.33. The van der Waals surface area contributed by atoms with E-state index < -0.39 is 0 Å². The normalized spacial score (nSPS) is 11.8. The van der Waals surface area contributed by atoms with Gasteiger partial charge in [-0.1, -0.05) is 37.3 Å². The van der Waals surface area contributed by atoms with Gasteiger partial charge in [-0.15, -0.1) is 11.3 Å². The van der Waals surface area contributed by atoms with Gasteiger partial charge in [-0.05, 0) is 23.4 Å². The molecule has 25 heavy (non-hydrogen) atoms. The van der Waals surface area contributed by atoms with Crippen LogP contribution in [-0.2, 0) is 16.0 Å². The molecule has 0 saturated carbocycles. The predicted molar refractivity (Wildman–Crippen MR) is 100 cm³/mol. The second kappa shape index (κ2) is 9.34. The molecule has 0 unspecified atom stereocenters. The number of thiophene rings is 1. The van der Waals surface area contributed by atoms with Crippen LogP contribution in [0.15, 0.2) is 41.8 Å². The first-order valence-electron chi connectivity index (χ1n) is 8.45. The standard InChI is InChI=1S/C19H25N3O2S/c1-4-14-7-9-15(10-8-14)19(16-6-5-11-25-16)21-12-18(24)22(3)13-17(23)20-2/h5-11,19,21H,4,12-13H2,1-3H3,(H,20,23)/p+1/t19-/m1/s1. The fourth-order valence-corrected chi connectivity index (χ4v) is 3.45. The molecule has 0 saturated heterocycles. The lowest BCUT2D eigenvalue weighted by Gasteiger charge is -2.18. The van der Waals surface area contributed by atoms with Crippen LogP contribution in [0.3, 0.4) is 0 Å². The summed E-state index contributed by atoms with van der Waals surface area (Å²) in [4.78, 5) is 26.4. The quantitative estimate of drug-likeness (QED) is 0.742. The Morgan fingerprint density at radius 3 is 2.52 bits per heavy atom. The van der Waals surface area contributed by atoms with E-state index in [0.29, 0.717) is 6.54 Å². The summed E-state index contributed by atoms with van der Waals surface area (Å²) in [5, 5.41) is 6.62. The zero-order valence-electron chi connectivity index (χ0n) is 15.0.